The van der Waals surface area contributed by atoms with Crippen LogP contribution in [0.15, 0.2) is 24.3 Å². The molecule has 1 heterocycles. The molecule has 0 saturated carbocycles. The summed E-state index contributed by atoms with van der Waals surface area (Å²) in [5, 5.41) is 20.5. The van der Waals surface area contributed by atoms with Crippen molar-refractivity contribution in [3.05, 3.63) is 39.9 Å². The van der Waals surface area contributed by atoms with Crippen LogP contribution in [-0.4, -0.2) is 28.5 Å². The topological polar surface area (TPSA) is 70.2 Å². The maximum atomic E-state index is 11.0. The summed E-state index contributed by atoms with van der Waals surface area (Å²) < 4.78 is 0. The molecule has 0 bridgehead atoms. The van der Waals surface area contributed by atoms with Crippen LogP contribution in [0.5, 0.6) is 0 Å². The van der Waals surface area contributed by atoms with E-state index in [1.54, 1.807) is 18.2 Å². The molecule has 5 heteroatoms. The number of para-hydroxylation sites is 1. The molecule has 0 spiro atoms. The summed E-state index contributed by atoms with van der Waals surface area (Å²) in [6.45, 7) is 3.66. The molecule has 1 aliphatic rings. The fraction of sp³-hybridized carbons (Fsp3) is 0.500. The Morgan fingerprint density at radius 1 is 1.42 bits per heavy atom. The highest BCUT2D eigenvalue weighted by Gasteiger charge is 2.35. The minimum Gasteiger partial charge on any atom is -0.285 e. The molecule has 0 amide bonds. The SMILES string of the molecule is CC(C#N)(Cc1ccccc1[N+](=O)[O-])N1CCCC1. The molecule has 1 unspecified atom stereocenters. The summed E-state index contributed by atoms with van der Waals surface area (Å²) in [7, 11) is 0. The predicted molar refractivity (Wildman–Crippen MR) is 71.6 cm³/mol. The molecule has 0 aromatic heterocycles. The summed E-state index contributed by atoms with van der Waals surface area (Å²) in [6, 6.07) is 9.01. The smallest absolute Gasteiger partial charge is 0.272 e. The van der Waals surface area contributed by atoms with Gasteiger partial charge in [-0.1, -0.05) is 18.2 Å². The van der Waals surface area contributed by atoms with Gasteiger partial charge in [0.2, 0.25) is 0 Å². The molecule has 0 aliphatic carbocycles. The molecule has 1 aromatic carbocycles. The summed E-state index contributed by atoms with van der Waals surface area (Å²) >= 11 is 0. The lowest BCUT2D eigenvalue weighted by atomic mass is 9.92. The van der Waals surface area contributed by atoms with Crippen molar-refractivity contribution in [3.8, 4) is 6.07 Å². The van der Waals surface area contributed by atoms with Gasteiger partial charge in [-0.25, -0.2) is 0 Å². The number of nitro groups is 1. The van der Waals surface area contributed by atoms with Crippen LogP contribution in [0.25, 0.3) is 0 Å². The summed E-state index contributed by atoms with van der Waals surface area (Å²) in [5.41, 5.74) is 0.0643. The van der Waals surface area contributed by atoms with E-state index in [0.717, 1.165) is 25.9 Å². The van der Waals surface area contributed by atoms with Gasteiger partial charge in [0.15, 0.2) is 0 Å². The third-order valence-electron chi connectivity index (χ3n) is 3.77. The number of nitrogens with zero attached hydrogens (tertiary/aromatic N) is 3. The van der Waals surface area contributed by atoms with Crippen LogP contribution in [0.2, 0.25) is 0 Å². The van der Waals surface area contributed by atoms with Crippen LogP contribution < -0.4 is 0 Å². The Hall–Kier alpha value is -1.93. The molecule has 19 heavy (non-hydrogen) atoms. The first kappa shape index (κ1) is 13.5. The third kappa shape index (κ3) is 2.74. The van der Waals surface area contributed by atoms with E-state index in [0.29, 0.717) is 12.0 Å². The van der Waals surface area contributed by atoms with Gasteiger partial charge in [0, 0.05) is 18.1 Å². The van der Waals surface area contributed by atoms with E-state index in [4.69, 9.17) is 0 Å². The van der Waals surface area contributed by atoms with Crippen LogP contribution >= 0.6 is 0 Å². The fourth-order valence-electron chi connectivity index (χ4n) is 2.64. The molecule has 1 aromatic rings. The van der Waals surface area contributed by atoms with Crippen molar-refractivity contribution >= 4 is 5.69 Å². The molecule has 0 radical (unpaired) electrons. The van der Waals surface area contributed by atoms with Crippen molar-refractivity contribution in [1.82, 2.24) is 4.90 Å². The van der Waals surface area contributed by atoms with Crippen molar-refractivity contribution in [3.63, 3.8) is 0 Å². The van der Waals surface area contributed by atoms with Gasteiger partial charge in [-0.2, -0.15) is 5.26 Å². The zero-order valence-corrected chi connectivity index (χ0v) is 11.0. The van der Waals surface area contributed by atoms with Crippen molar-refractivity contribution in [2.75, 3.05) is 13.1 Å². The van der Waals surface area contributed by atoms with Gasteiger partial charge in [-0.05, 0) is 32.9 Å². The molecular formula is C14H17N3O2. The molecule has 1 aliphatic heterocycles. The second-order valence-corrected chi connectivity index (χ2v) is 5.14. The fourth-order valence-corrected chi connectivity index (χ4v) is 2.64. The summed E-state index contributed by atoms with van der Waals surface area (Å²) in [5.74, 6) is 0. The van der Waals surface area contributed by atoms with Gasteiger partial charge < -0.3 is 0 Å². The van der Waals surface area contributed by atoms with Gasteiger partial charge in [0.25, 0.3) is 5.69 Å². The van der Waals surface area contributed by atoms with Crippen LogP contribution in [0.1, 0.15) is 25.3 Å². The molecule has 5 nitrogen and oxygen atoms in total. The molecule has 1 saturated heterocycles. The van der Waals surface area contributed by atoms with Gasteiger partial charge in [-0.15, -0.1) is 0 Å². The minimum absolute atomic E-state index is 0.100. The lowest BCUT2D eigenvalue weighted by Gasteiger charge is -2.32. The van der Waals surface area contributed by atoms with E-state index in [-0.39, 0.29) is 10.6 Å². The quantitative estimate of drug-likeness (QED) is 0.615. The maximum absolute atomic E-state index is 11.0. The Kier molecular flexibility index (Phi) is 3.82. The third-order valence-corrected chi connectivity index (χ3v) is 3.77. The van der Waals surface area contributed by atoms with Gasteiger partial charge >= 0.3 is 0 Å². The lowest BCUT2D eigenvalue weighted by molar-refractivity contribution is -0.385. The normalized spacial score (nSPS) is 18.7. The first-order chi connectivity index (χ1) is 9.07. The standard InChI is InChI=1S/C14H17N3O2/c1-14(11-15,16-8-4-5-9-16)10-12-6-2-3-7-13(12)17(18)19/h2-3,6-7H,4-5,8-10H2,1H3. The van der Waals surface area contributed by atoms with Crippen molar-refractivity contribution < 1.29 is 4.92 Å². The lowest BCUT2D eigenvalue weighted by Crippen LogP contribution is -2.45. The van der Waals surface area contributed by atoms with E-state index in [2.05, 4.69) is 11.0 Å². The minimum atomic E-state index is -0.664. The number of hydrogen-bond acceptors (Lipinski definition) is 4. The highest BCUT2D eigenvalue weighted by molar-refractivity contribution is 5.41. The summed E-state index contributed by atoms with van der Waals surface area (Å²) in [6.07, 6.45) is 2.57. The number of nitriles is 1. The number of nitro benzene ring substituents is 1. The average Bonchev–Trinajstić information content (AvgIpc) is 2.93. The first-order valence-electron chi connectivity index (χ1n) is 6.45. The Balaban J connectivity index is 2.28. The second-order valence-electron chi connectivity index (χ2n) is 5.14. The van der Waals surface area contributed by atoms with Crippen LogP contribution in [-0.2, 0) is 6.42 Å². The number of benzene rings is 1. The monoisotopic (exact) mass is 259 g/mol. The first-order valence-corrected chi connectivity index (χ1v) is 6.45. The molecule has 2 rings (SSSR count). The van der Waals surface area contributed by atoms with Crippen molar-refractivity contribution in [2.24, 2.45) is 0 Å². The van der Waals surface area contributed by atoms with Gasteiger partial charge in [0.05, 0.1) is 11.0 Å². The zero-order valence-electron chi connectivity index (χ0n) is 11.0. The highest BCUT2D eigenvalue weighted by Crippen LogP contribution is 2.28. The number of hydrogen-bond donors (Lipinski definition) is 0. The molecular weight excluding hydrogens is 242 g/mol. The zero-order chi connectivity index (χ0) is 13.9. The Morgan fingerprint density at radius 3 is 2.63 bits per heavy atom. The largest absolute Gasteiger partial charge is 0.285 e. The van der Waals surface area contributed by atoms with Crippen LogP contribution in [0.4, 0.5) is 5.69 Å². The highest BCUT2D eigenvalue weighted by atomic mass is 16.6. The molecule has 0 N–H and O–H groups in total. The van der Waals surface area contributed by atoms with Crippen LogP contribution in [0.3, 0.4) is 0 Å². The molecule has 100 valence electrons. The van der Waals surface area contributed by atoms with E-state index in [1.807, 2.05) is 6.92 Å². The number of likely N-dealkylation sites (tertiary alicyclic amines) is 1. The Bertz CT molecular complexity index is 518. The van der Waals surface area contributed by atoms with Gasteiger partial charge in [0.1, 0.15) is 5.54 Å². The second kappa shape index (κ2) is 5.37. The average molecular weight is 259 g/mol. The van der Waals surface area contributed by atoms with Crippen LogP contribution in [0, 0.1) is 21.4 Å². The van der Waals surface area contributed by atoms with E-state index >= 15 is 0 Å². The van der Waals surface area contributed by atoms with Gasteiger partial charge in [-0.3, -0.25) is 15.0 Å². The van der Waals surface area contributed by atoms with E-state index in [9.17, 15) is 15.4 Å². The molecule has 1 atom stereocenters. The predicted octanol–water partition coefficient (Wildman–Crippen LogP) is 2.52. The van der Waals surface area contributed by atoms with Crippen molar-refractivity contribution in [1.29, 1.82) is 5.26 Å². The maximum Gasteiger partial charge on any atom is 0.272 e. The summed E-state index contributed by atoms with van der Waals surface area (Å²) in [4.78, 5) is 12.8. The Morgan fingerprint density at radius 2 is 2.05 bits per heavy atom. The Labute approximate surface area is 112 Å². The van der Waals surface area contributed by atoms with Crippen molar-refractivity contribution in [2.45, 2.75) is 31.7 Å². The van der Waals surface area contributed by atoms with E-state index < -0.39 is 5.54 Å². The van der Waals surface area contributed by atoms with E-state index in [1.165, 1.54) is 6.07 Å². The molecule has 1 fully saturated rings. The number of rotatable bonds is 4.